The smallest absolute Gasteiger partial charge is 0.311 e. The van der Waals surface area contributed by atoms with E-state index in [0.29, 0.717) is 18.6 Å². The molecular weight excluding hydrogens is 335 g/mol. The second-order valence-corrected chi connectivity index (χ2v) is 4.77. The Bertz CT molecular complexity index is 386. The molecule has 17 heavy (non-hydrogen) atoms. The van der Waals surface area contributed by atoms with E-state index in [9.17, 15) is 9.59 Å². The summed E-state index contributed by atoms with van der Waals surface area (Å²) in [6.07, 6.45) is 1.38. The molecular formula is C12H13IO4. The number of unbranched alkanes of at least 4 members (excludes halogenated alkanes) is 1. The third-order valence-electron chi connectivity index (χ3n) is 2.07. The summed E-state index contributed by atoms with van der Waals surface area (Å²) < 4.78 is 6.16. The summed E-state index contributed by atoms with van der Waals surface area (Å²) in [5.41, 5.74) is 0. The molecule has 5 heteroatoms. The summed E-state index contributed by atoms with van der Waals surface area (Å²) in [5, 5.41) is 8.42. The first-order valence-electron chi connectivity index (χ1n) is 5.26. The van der Waals surface area contributed by atoms with E-state index in [1.165, 1.54) is 0 Å². The van der Waals surface area contributed by atoms with Crippen molar-refractivity contribution in [1.29, 1.82) is 0 Å². The molecule has 0 fully saturated rings. The van der Waals surface area contributed by atoms with Crippen LogP contribution in [-0.2, 0) is 9.59 Å². The molecule has 0 aliphatic carbocycles. The highest BCUT2D eigenvalue weighted by Crippen LogP contribution is 2.14. The lowest BCUT2D eigenvalue weighted by molar-refractivity contribution is -0.138. The highest BCUT2D eigenvalue weighted by molar-refractivity contribution is 14.1. The van der Waals surface area contributed by atoms with E-state index in [1.54, 1.807) is 12.1 Å². The van der Waals surface area contributed by atoms with Gasteiger partial charge in [-0.1, -0.05) is 0 Å². The number of aliphatic carboxylic acids is 1. The summed E-state index contributed by atoms with van der Waals surface area (Å²) in [6.45, 7) is 0. The first kappa shape index (κ1) is 14.0. The third-order valence-corrected chi connectivity index (χ3v) is 2.79. The Morgan fingerprint density at radius 1 is 1.12 bits per heavy atom. The topological polar surface area (TPSA) is 63.6 Å². The summed E-state index contributed by atoms with van der Waals surface area (Å²) in [5.74, 6) is -0.638. The zero-order valence-electron chi connectivity index (χ0n) is 9.19. The van der Waals surface area contributed by atoms with Crippen LogP contribution in [-0.4, -0.2) is 17.0 Å². The van der Waals surface area contributed by atoms with Crippen molar-refractivity contribution >= 4 is 34.5 Å². The van der Waals surface area contributed by atoms with Gasteiger partial charge >= 0.3 is 11.9 Å². The summed E-state index contributed by atoms with van der Waals surface area (Å²) >= 11 is 2.17. The molecule has 0 saturated carbocycles. The van der Waals surface area contributed by atoms with Gasteiger partial charge in [-0.15, -0.1) is 0 Å². The Morgan fingerprint density at radius 3 is 2.29 bits per heavy atom. The van der Waals surface area contributed by atoms with Crippen molar-refractivity contribution in [3.8, 4) is 5.75 Å². The number of benzene rings is 1. The van der Waals surface area contributed by atoms with Gasteiger partial charge in [-0.25, -0.2) is 0 Å². The first-order chi connectivity index (χ1) is 8.08. The fourth-order valence-corrected chi connectivity index (χ4v) is 1.59. The van der Waals surface area contributed by atoms with E-state index in [-0.39, 0.29) is 18.8 Å². The van der Waals surface area contributed by atoms with E-state index in [4.69, 9.17) is 9.84 Å². The molecule has 0 radical (unpaired) electrons. The van der Waals surface area contributed by atoms with Crippen LogP contribution in [0.3, 0.4) is 0 Å². The third kappa shape index (κ3) is 6.25. The van der Waals surface area contributed by atoms with Crippen LogP contribution in [0.25, 0.3) is 0 Å². The van der Waals surface area contributed by atoms with Crippen molar-refractivity contribution in [3.05, 3.63) is 27.8 Å². The molecule has 0 aliphatic heterocycles. The largest absolute Gasteiger partial charge is 0.481 e. The minimum atomic E-state index is -0.837. The zero-order chi connectivity index (χ0) is 12.7. The van der Waals surface area contributed by atoms with E-state index in [1.807, 2.05) is 12.1 Å². The molecule has 0 bridgehead atoms. The molecule has 0 unspecified atom stereocenters. The van der Waals surface area contributed by atoms with E-state index < -0.39 is 5.97 Å². The summed E-state index contributed by atoms with van der Waals surface area (Å²) in [7, 11) is 0. The second-order valence-electron chi connectivity index (χ2n) is 3.53. The number of carbonyl (C=O) groups excluding carboxylic acids is 1. The molecule has 0 aliphatic rings. The van der Waals surface area contributed by atoms with Gasteiger partial charge in [0.15, 0.2) is 0 Å². The van der Waals surface area contributed by atoms with Gasteiger partial charge in [-0.2, -0.15) is 0 Å². The molecule has 0 spiro atoms. The number of carbonyl (C=O) groups is 2. The van der Waals surface area contributed by atoms with Crippen molar-refractivity contribution in [1.82, 2.24) is 0 Å². The monoisotopic (exact) mass is 348 g/mol. The number of carboxylic acids is 1. The molecule has 92 valence electrons. The van der Waals surface area contributed by atoms with Crippen molar-refractivity contribution in [2.24, 2.45) is 0 Å². The Labute approximate surface area is 113 Å². The zero-order valence-corrected chi connectivity index (χ0v) is 11.3. The quantitative estimate of drug-likeness (QED) is 0.372. The van der Waals surface area contributed by atoms with Crippen LogP contribution in [0.4, 0.5) is 0 Å². The van der Waals surface area contributed by atoms with Crippen LogP contribution in [0, 0.1) is 3.57 Å². The molecule has 1 N–H and O–H groups in total. The van der Waals surface area contributed by atoms with Crippen LogP contribution in [0.2, 0.25) is 0 Å². The standard InChI is InChI=1S/C12H13IO4/c13-9-5-7-10(8-6-9)17-12(16)4-2-1-3-11(14)15/h5-8H,1-4H2,(H,14,15). The predicted molar refractivity (Wildman–Crippen MR) is 70.9 cm³/mol. The number of rotatable bonds is 6. The van der Waals surface area contributed by atoms with Gasteiger partial charge in [0.05, 0.1) is 0 Å². The highest BCUT2D eigenvalue weighted by atomic mass is 127. The lowest BCUT2D eigenvalue weighted by atomic mass is 10.2. The van der Waals surface area contributed by atoms with Gasteiger partial charge in [0.2, 0.25) is 0 Å². The fourth-order valence-electron chi connectivity index (χ4n) is 1.23. The molecule has 0 aromatic heterocycles. The molecule has 4 nitrogen and oxygen atoms in total. The van der Waals surface area contributed by atoms with E-state index >= 15 is 0 Å². The molecule has 0 heterocycles. The van der Waals surface area contributed by atoms with Crippen molar-refractivity contribution in [2.45, 2.75) is 25.7 Å². The number of hydrogen-bond acceptors (Lipinski definition) is 3. The van der Waals surface area contributed by atoms with Gasteiger partial charge in [0.1, 0.15) is 5.75 Å². The van der Waals surface area contributed by atoms with Crippen molar-refractivity contribution in [2.75, 3.05) is 0 Å². The average Bonchev–Trinajstić information content (AvgIpc) is 2.27. The minimum Gasteiger partial charge on any atom is -0.481 e. The van der Waals surface area contributed by atoms with E-state index in [0.717, 1.165) is 3.57 Å². The summed E-state index contributed by atoms with van der Waals surface area (Å²) in [6, 6.07) is 7.18. The Morgan fingerprint density at radius 2 is 1.71 bits per heavy atom. The van der Waals surface area contributed by atoms with Crippen molar-refractivity contribution in [3.63, 3.8) is 0 Å². The van der Waals surface area contributed by atoms with Gasteiger partial charge in [0, 0.05) is 16.4 Å². The molecule has 1 aromatic rings. The number of hydrogen-bond donors (Lipinski definition) is 1. The number of halogens is 1. The number of ether oxygens (including phenoxy) is 1. The minimum absolute atomic E-state index is 0.0941. The maximum Gasteiger partial charge on any atom is 0.311 e. The van der Waals surface area contributed by atoms with Crippen LogP contribution >= 0.6 is 22.6 Å². The highest BCUT2D eigenvalue weighted by Gasteiger charge is 2.05. The fraction of sp³-hybridized carbons (Fsp3) is 0.333. The van der Waals surface area contributed by atoms with Crippen LogP contribution < -0.4 is 4.74 Å². The molecule has 1 aromatic carbocycles. The van der Waals surface area contributed by atoms with Crippen LogP contribution in [0.1, 0.15) is 25.7 Å². The maximum atomic E-state index is 11.4. The second kappa shape index (κ2) is 7.26. The molecule has 0 atom stereocenters. The Hall–Kier alpha value is -1.11. The predicted octanol–water partition coefficient (Wildman–Crippen LogP) is 2.84. The summed E-state index contributed by atoms with van der Waals surface area (Å²) in [4.78, 5) is 21.6. The van der Waals surface area contributed by atoms with Gasteiger partial charge in [-0.3, -0.25) is 9.59 Å². The Balaban J connectivity index is 2.25. The molecule has 1 rings (SSSR count). The number of esters is 1. The lowest BCUT2D eigenvalue weighted by Gasteiger charge is -2.03. The lowest BCUT2D eigenvalue weighted by Crippen LogP contribution is -2.07. The normalized spacial score (nSPS) is 9.94. The SMILES string of the molecule is O=C(O)CCCCC(=O)Oc1ccc(I)cc1. The maximum absolute atomic E-state index is 11.4. The molecule has 0 amide bonds. The molecule has 0 saturated heterocycles. The van der Waals surface area contributed by atoms with Crippen LogP contribution in [0.5, 0.6) is 5.75 Å². The van der Waals surface area contributed by atoms with Gasteiger partial charge in [0.25, 0.3) is 0 Å². The average molecular weight is 348 g/mol. The first-order valence-corrected chi connectivity index (χ1v) is 6.34. The van der Waals surface area contributed by atoms with Crippen molar-refractivity contribution < 1.29 is 19.4 Å². The Kier molecular flexibility index (Phi) is 5.96. The van der Waals surface area contributed by atoms with Crippen LogP contribution in [0.15, 0.2) is 24.3 Å². The van der Waals surface area contributed by atoms with Gasteiger partial charge in [-0.05, 0) is 59.7 Å². The van der Waals surface area contributed by atoms with E-state index in [2.05, 4.69) is 22.6 Å². The van der Waals surface area contributed by atoms with Gasteiger partial charge < -0.3 is 9.84 Å². The number of carboxylic acid groups (broad SMARTS) is 1.